The van der Waals surface area contributed by atoms with Gasteiger partial charge in [-0.05, 0) is 11.5 Å². The predicted octanol–water partition coefficient (Wildman–Crippen LogP) is 3.26. The molecule has 3 heteroatoms. The van der Waals surface area contributed by atoms with E-state index in [0.717, 1.165) is 11.3 Å². The molecule has 0 fully saturated rings. The molecule has 1 radical (unpaired) electrons. The maximum absolute atomic E-state index is 5.87. The van der Waals surface area contributed by atoms with E-state index in [9.17, 15) is 0 Å². The zero-order valence-corrected chi connectivity index (χ0v) is 7.69. The molecule has 0 aliphatic heterocycles. The average Bonchev–Trinajstić information content (AvgIpc) is 2.53. The fourth-order valence-electron chi connectivity index (χ4n) is 0.972. The minimum absolute atomic E-state index is 0.603. The molecule has 1 heterocycles. The van der Waals surface area contributed by atoms with E-state index in [4.69, 9.17) is 11.6 Å². The van der Waals surface area contributed by atoms with Crippen LogP contribution in [-0.4, -0.2) is 4.37 Å². The van der Waals surface area contributed by atoms with Crippen molar-refractivity contribution in [3.05, 3.63) is 40.7 Å². The molecule has 0 saturated heterocycles. The summed E-state index contributed by atoms with van der Waals surface area (Å²) in [6.07, 6.45) is 0. The van der Waals surface area contributed by atoms with Crippen molar-refractivity contribution < 1.29 is 0 Å². The number of aromatic nitrogens is 1. The summed E-state index contributed by atoms with van der Waals surface area (Å²) < 4.78 is 4.14. The Morgan fingerprint density at radius 1 is 1.25 bits per heavy atom. The van der Waals surface area contributed by atoms with Crippen molar-refractivity contribution in [2.24, 2.45) is 0 Å². The Labute approximate surface area is 79.8 Å². The summed E-state index contributed by atoms with van der Waals surface area (Å²) in [5.41, 5.74) is 1.86. The standard InChI is InChI=1S/C9H5ClNS/c10-8-6-12-11-9(8)7-4-2-1-3-5-7/h1-5H. The first-order valence-electron chi connectivity index (χ1n) is 3.46. The second-order valence-corrected chi connectivity index (χ2v) is 3.26. The van der Waals surface area contributed by atoms with Gasteiger partial charge in [0.1, 0.15) is 5.69 Å². The van der Waals surface area contributed by atoms with Crippen molar-refractivity contribution in [3.8, 4) is 11.3 Å². The number of hydrogen-bond donors (Lipinski definition) is 0. The SMILES string of the molecule is Clc1[c]snc1-c1ccccc1. The van der Waals surface area contributed by atoms with E-state index in [1.54, 1.807) is 0 Å². The first-order chi connectivity index (χ1) is 5.88. The summed E-state index contributed by atoms with van der Waals surface area (Å²) in [5.74, 6) is 0. The van der Waals surface area contributed by atoms with Crippen LogP contribution in [-0.2, 0) is 0 Å². The van der Waals surface area contributed by atoms with Crippen LogP contribution in [0.25, 0.3) is 11.3 Å². The van der Waals surface area contributed by atoms with Gasteiger partial charge in [-0.3, -0.25) is 0 Å². The molecule has 0 saturated carbocycles. The molecule has 12 heavy (non-hydrogen) atoms. The molecule has 0 atom stereocenters. The summed E-state index contributed by atoms with van der Waals surface area (Å²) in [6, 6.07) is 9.85. The number of hydrogen-bond acceptors (Lipinski definition) is 2. The molecule has 1 nitrogen and oxygen atoms in total. The molecule has 1 aromatic carbocycles. The van der Waals surface area contributed by atoms with Crippen molar-refractivity contribution in [1.29, 1.82) is 0 Å². The Morgan fingerprint density at radius 3 is 2.58 bits per heavy atom. The van der Waals surface area contributed by atoms with E-state index < -0.39 is 0 Å². The highest BCUT2D eigenvalue weighted by Crippen LogP contribution is 2.26. The zero-order chi connectivity index (χ0) is 8.39. The number of halogens is 1. The summed E-state index contributed by atoms with van der Waals surface area (Å²) >= 11 is 7.12. The van der Waals surface area contributed by atoms with Crippen LogP contribution in [0.2, 0.25) is 5.02 Å². The smallest absolute Gasteiger partial charge is 0.103 e. The lowest BCUT2D eigenvalue weighted by molar-refractivity contribution is 1.52. The average molecular weight is 195 g/mol. The number of rotatable bonds is 1. The lowest BCUT2D eigenvalue weighted by Gasteiger charge is -1.94. The minimum Gasteiger partial charge on any atom is -0.190 e. The highest BCUT2D eigenvalue weighted by Gasteiger charge is 2.04. The van der Waals surface area contributed by atoms with Crippen molar-refractivity contribution in [3.63, 3.8) is 0 Å². The van der Waals surface area contributed by atoms with Crippen molar-refractivity contribution >= 4 is 23.1 Å². The van der Waals surface area contributed by atoms with E-state index in [1.807, 2.05) is 30.3 Å². The minimum atomic E-state index is 0.603. The monoisotopic (exact) mass is 194 g/mol. The van der Waals surface area contributed by atoms with Crippen LogP contribution >= 0.6 is 23.1 Å². The van der Waals surface area contributed by atoms with E-state index in [-0.39, 0.29) is 0 Å². The van der Waals surface area contributed by atoms with Crippen molar-refractivity contribution in [1.82, 2.24) is 4.37 Å². The van der Waals surface area contributed by atoms with Gasteiger partial charge in [-0.15, -0.1) is 0 Å². The molecule has 0 aliphatic carbocycles. The third kappa shape index (κ3) is 1.36. The highest BCUT2D eigenvalue weighted by molar-refractivity contribution is 7.03. The first-order valence-corrected chi connectivity index (χ1v) is 4.61. The molecule has 2 aromatic rings. The van der Waals surface area contributed by atoms with Gasteiger partial charge in [0.05, 0.1) is 10.4 Å². The molecule has 0 N–H and O–H groups in total. The first kappa shape index (κ1) is 7.77. The van der Waals surface area contributed by atoms with Gasteiger partial charge in [0.25, 0.3) is 0 Å². The van der Waals surface area contributed by atoms with Gasteiger partial charge in [0.2, 0.25) is 0 Å². The molecule has 0 amide bonds. The molecule has 1 aromatic heterocycles. The molecule has 0 unspecified atom stereocenters. The quantitative estimate of drug-likeness (QED) is 0.679. The molecule has 0 spiro atoms. The van der Waals surface area contributed by atoms with Gasteiger partial charge in [0.15, 0.2) is 0 Å². The van der Waals surface area contributed by atoms with Gasteiger partial charge >= 0.3 is 0 Å². The summed E-state index contributed by atoms with van der Waals surface area (Å²) in [4.78, 5) is 0. The summed E-state index contributed by atoms with van der Waals surface area (Å²) in [7, 11) is 0. The van der Waals surface area contributed by atoms with Crippen molar-refractivity contribution in [2.75, 3.05) is 0 Å². The number of nitrogens with zero attached hydrogens (tertiary/aromatic N) is 1. The lowest BCUT2D eigenvalue weighted by Crippen LogP contribution is -1.75. The van der Waals surface area contributed by atoms with Gasteiger partial charge in [-0.25, -0.2) is 0 Å². The second-order valence-electron chi connectivity index (χ2n) is 2.31. The van der Waals surface area contributed by atoms with Crippen LogP contribution in [0.1, 0.15) is 0 Å². The lowest BCUT2D eigenvalue weighted by atomic mass is 10.2. The highest BCUT2D eigenvalue weighted by atomic mass is 35.5. The largest absolute Gasteiger partial charge is 0.190 e. The van der Waals surface area contributed by atoms with Gasteiger partial charge in [0, 0.05) is 5.56 Å². The van der Waals surface area contributed by atoms with Crippen LogP contribution in [0.3, 0.4) is 0 Å². The Bertz CT molecular complexity index is 369. The maximum atomic E-state index is 5.87. The van der Waals surface area contributed by atoms with E-state index in [0.29, 0.717) is 5.02 Å². The second kappa shape index (κ2) is 3.25. The Hall–Kier alpha value is -0.860. The van der Waals surface area contributed by atoms with Crippen LogP contribution < -0.4 is 0 Å². The van der Waals surface area contributed by atoms with Gasteiger partial charge in [-0.2, -0.15) is 4.37 Å². The molecule has 0 aliphatic rings. The van der Waals surface area contributed by atoms with E-state index >= 15 is 0 Å². The number of benzene rings is 1. The summed E-state index contributed by atoms with van der Waals surface area (Å²) in [5, 5.41) is 3.47. The summed E-state index contributed by atoms with van der Waals surface area (Å²) in [6.45, 7) is 0. The van der Waals surface area contributed by atoms with Crippen molar-refractivity contribution in [2.45, 2.75) is 0 Å². The topological polar surface area (TPSA) is 12.9 Å². The Kier molecular flexibility index (Phi) is 2.11. The molecular formula is C9H5ClNS. The maximum Gasteiger partial charge on any atom is 0.103 e. The molecule has 2 rings (SSSR count). The molecule has 0 bridgehead atoms. The van der Waals surface area contributed by atoms with Crippen LogP contribution in [0.15, 0.2) is 30.3 Å². The van der Waals surface area contributed by atoms with Crippen LogP contribution in [0.5, 0.6) is 0 Å². The fourth-order valence-corrected chi connectivity index (χ4v) is 1.79. The fraction of sp³-hybridized carbons (Fsp3) is 0. The van der Waals surface area contributed by atoms with Crippen LogP contribution in [0.4, 0.5) is 0 Å². The van der Waals surface area contributed by atoms with Crippen LogP contribution in [0, 0.1) is 5.38 Å². The molecular weight excluding hydrogens is 190 g/mol. The normalized spacial score (nSPS) is 10.1. The van der Waals surface area contributed by atoms with E-state index in [2.05, 4.69) is 9.75 Å². The Morgan fingerprint density at radius 2 is 2.00 bits per heavy atom. The van der Waals surface area contributed by atoms with Gasteiger partial charge < -0.3 is 0 Å². The third-order valence-corrected chi connectivity index (χ3v) is 2.48. The molecule has 59 valence electrons. The van der Waals surface area contributed by atoms with E-state index in [1.165, 1.54) is 11.5 Å². The predicted molar refractivity (Wildman–Crippen MR) is 51.4 cm³/mol. The van der Waals surface area contributed by atoms with Gasteiger partial charge in [-0.1, -0.05) is 41.9 Å². The zero-order valence-electron chi connectivity index (χ0n) is 6.12. The Balaban J connectivity index is 2.51. The third-order valence-electron chi connectivity index (χ3n) is 1.53.